The highest BCUT2D eigenvalue weighted by molar-refractivity contribution is 9.10. The third-order valence-corrected chi connectivity index (χ3v) is 1.77. The largest absolute Gasteiger partial charge is 0.244 e. The molecule has 0 saturated carbocycles. The van der Waals surface area contributed by atoms with Crippen LogP contribution in [0.1, 0.15) is 0 Å². The van der Waals surface area contributed by atoms with Gasteiger partial charge in [0, 0.05) is 15.9 Å². The van der Waals surface area contributed by atoms with Crippen molar-refractivity contribution in [3.63, 3.8) is 0 Å². The van der Waals surface area contributed by atoms with Crippen molar-refractivity contribution in [2.45, 2.75) is 0 Å². The number of nitrogens with zero attached hydrogens (tertiary/aromatic N) is 2. The van der Waals surface area contributed by atoms with Crippen LogP contribution >= 0.6 is 15.9 Å². The summed E-state index contributed by atoms with van der Waals surface area (Å²) in [6.45, 7) is 0. The summed E-state index contributed by atoms with van der Waals surface area (Å²) in [7, 11) is 3.98. The molecule has 3 heteroatoms. The van der Waals surface area contributed by atoms with Crippen molar-refractivity contribution in [1.29, 1.82) is 0 Å². The fourth-order valence-electron chi connectivity index (χ4n) is 0.621. The van der Waals surface area contributed by atoms with Gasteiger partial charge < -0.3 is 0 Å². The number of imidazole rings is 1. The van der Waals surface area contributed by atoms with E-state index in [1.165, 1.54) is 0 Å². The van der Waals surface area contributed by atoms with E-state index in [2.05, 4.69) is 15.9 Å². The zero-order valence-electron chi connectivity index (χ0n) is 4.93. The summed E-state index contributed by atoms with van der Waals surface area (Å²) >= 11 is 3.36. The molecule has 0 saturated heterocycles. The number of rotatable bonds is 0. The SMILES string of the molecule is Cn1c[n+](C)cc1Br. The van der Waals surface area contributed by atoms with Gasteiger partial charge in [0.05, 0.1) is 14.1 Å². The first kappa shape index (κ1) is 5.82. The molecule has 1 aromatic heterocycles. The van der Waals surface area contributed by atoms with Crippen molar-refractivity contribution < 1.29 is 4.57 Å². The molecule has 1 heterocycles. The van der Waals surface area contributed by atoms with Gasteiger partial charge in [-0.1, -0.05) is 0 Å². The molecular formula is C5H8BrN2+. The fourth-order valence-corrected chi connectivity index (χ4v) is 1.04. The van der Waals surface area contributed by atoms with E-state index in [4.69, 9.17) is 0 Å². The minimum Gasteiger partial charge on any atom is -0.238 e. The van der Waals surface area contributed by atoms with Gasteiger partial charge in [0.15, 0.2) is 0 Å². The lowest BCUT2D eigenvalue weighted by Gasteiger charge is -1.76. The quantitative estimate of drug-likeness (QED) is 0.512. The van der Waals surface area contributed by atoms with Crippen LogP contribution in [0, 0.1) is 0 Å². The van der Waals surface area contributed by atoms with Crippen molar-refractivity contribution in [3.8, 4) is 0 Å². The maximum absolute atomic E-state index is 3.36. The lowest BCUT2D eigenvalue weighted by Crippen LogP contribution is -2.23. The molecule has 0 fully saturated rings. The smallest absolute Gasteiger partial charge is 0.238 e. The second-order valence-electron chi connectivity index (χ2n) is 1.84. The molecule has 0 unspecified atom stereocenters. The standard InChI is InChI=1S/C5H8BrN2/c1-7-3-5(6)8(2)4-7/h3-4H,1-2H3/q+1. The van der Waals surface area contributed by atoms with Gasteiger partial charge in [0.1, 0.15) is 6.20 Å². The molecule has 0 amide bonds. The first-order chi connectivity index (χ1) is 3.70. The van der Waals surface area contributed by atoms with Crippen LogP contribution in [0.15, 0.2) is 17.1 Å². The van der Waals surface area contributed by atoms with Gasteiger partial charge in [-0.2, -0.15) is 0 Å². The number of hydrogen-bond acceptors (Lipinski definition) is 0. The van der Waals surface area contributed by atoms with Crippen molar-refractivity contribution in [1.82, 2.24) is 4.57 Å². The van der Waals surface area contributed by atoms with Gasteiger partial charge in [-0.3, -0.25) is 0 Å². The summed E-state index contributed by atoms with van der Waals surface area (Å²) in [5.74, 6) is 0. The molecular weight excluding hydrogens is 168 g/mol. The van der Waals surface area contributed by atoms with Crippen LogP contribution in [-0.2, 0) is 14.1 Å². The second-order valence-corrected chi connectivity index (χ2v) is 2.66. The average Bonchev–Trinajstić information content (AvgIpc) is 1.85. The summed E-state index contributed by atoms with van der Waals surface area (Å²) in [5.41, 5.74) is 0. The number of hydrogen-bond donors (Lipinski definition) is 0. The Morgan fingerprint density at radius 3 is 2.50 bits per heavy atom. The van der Waals surface area contributed by atoms with Crippen LogP contribution in [0.3, 0.4) is 0 Å². The van der Waals surface area contributed by atoms with Crippen LogP contribution in [0.2, 0.25) is 0 Å². The summed E-state index contributed by atoms with van der Waals surface area (Å²) in [5, 5.41) is 0. The molecule has 0 atom stereocenters. The highest BCUT2D eigenvalue weighted by Gasteiger charge is 2.00. The monoisotopic (exact) mass is 175 g/mol. The van der Waals surface area contributed by atoms with E-state index in [-0.39, 0.29) is 0 Å². The van der Waals surface area contributed by atoms with E-state index in [1.54, 1.807) is 0 Å². The molecule has 1 rings (SSSR count). The molecule has 0 N–H and O–H groups in total. The fraction of sp³-hybridized carbons (Fsp3) is 0.400. The zero-order valence-corrected chi connectivity index (χ0v) is 6.51. The summed E-state index contributed by atoms with van der Waals surface area (Å²) in [4.78, 5) is 0. The topological polar surface area (TPSA) is 8.81 Å². The average molecular weight is 176 g/mol. The summed E-state index contributed by atoms with van der Waals surface area (Å²) in [6.07, 6.45) is 3.99. The van der Waals surface area contributed by atoms with E-state index in [9.17, 15) is 0 Å². The van der Waals surface area contributed by atoms with E-state index in [0.717, 1.165) is 4.60 Å². The number of aromatic nitrogens is 2. The van der Waals surface area contributed by atoms with Crippen molar-refractivity contribution >= 4 is 15.9 Å². The highest BCUT2D eigenvalue weighted by Crippen LogP contribution is 2.02. The zero-order chi connectivity index (χ0) is 6.15. The van der Waals surface area contributed by atoms with Gasteiger partial charge in [-0.05, 0) is 0 Å². The molecule has 0 bridgehead atoms. The van der Waals surface area contributed by atoms with Crippen molar-refractivity contribution in [3.05, 3.63) is 17.1 Å². The summed E-state index contributed by atoms with van der Waals surface area (Å²) in [6, 6.07) is 0. The van der Waals surface area contributed by atoms with E-state index < -0.39 is 0 Å². The normalized spacial score (nSPS) is 9.88. The van der Waals surface area contributed by atoms with Gasteiger partial charge in [-0.15, -0.1) is 0 Å². The Morgan fingerprint density at radius 1 is 1.75 bits per heavy atom. The molecule has 0 aliphatic heterocycles. The van der Waals surface area contributed by atoms with Crippen molar-refractivity contribution in [2.75, 3.05) is 0 Å². The van der Waals surface area contributed by atoms with Gasteiger partial charge in [-0.25, -0.2) is 9.13 Å². The van der Waals surface area contributed by atoms with Gasteiger partial charge in [0.25, 0.3) is 0 Å². The molecule has 0 spiro atoms. The van der Waals surface area contributed by atoms with Crippen LogP contribution in [0.4, 0.5) is 0 Å². The Morgan fingerprint density at radius 2 is 2.38 bits per heavy atom. The third-order valence-electron chi connectivity index (χ3n) is 1.00. The Kier molecular flexibility index (Phi) is 1.38. The minimum atomic E-state index is 1.10. The van der Waals surface area contributed by atoms with E-state index >= 15 is 0 Å². The molecule has 0 aliphatic rings. The van der Waals surface area contributed by atoms with Crippen molar-refractivity contribution in [2.24, 2.45) is 14.1 Å². The maximum atomic E-state index is 3.36. The number of halogens is 1. The Labute approximate surface area is 56.9 Å². The molecule has 8 heavy (non-hydrogen) atoms. The molecule has 0 radical (unpaired) electrons. The minimum absolute atomic E-state index is 1.10. The lowest BCUT2D eigenvalue weighted by molar-refractivity contribution is -0.671. The van der Waals surface area contributed by atoms with Crippen LogP contribution in [0.25, 0.3) is 0 Å². The Hall–Kier alpha value is -0.310. The molecule has 0 aromatic carbocycles. The van der Waals surface area contributed by atoms with Gasteiger partial charge in [0.2, 0.25) is 10.9 Å². The predicted molar refractivity (Wildman–Crippen MR) is 34.3 cm³/mol. The maximum Gasteiger partial charge on any atom is 0.244 e. The molecule has 44 valence electrons. The molecule has 2 nitrogen and oxygen atoms in total. The summed E-state index contributed by atoms with van der Waals surface area (Å²) < 4.78 is 5.09. The third kappa shape index (κ3) is 0.916. The second kappa shape index (κ2) is 1.90. The van der Waals surface area contributed by atoms with Crippen LogP contribution in [-0.4, -0.2) is 4.57 Å². The Bertz CT molecular complexity index is 173. The van der Waals surface area contributed by atoms with Crippen LogP contribution in [0.5, 0.6) is 0 Å². The molecule has 1 aromatic rings. The first-order valence-corrected chi connectivity index (χ1v) is 3.16. The van der Waals surface area contributed by atoms with E-state index in [1.807, 2.05) is 35.8 Å². The first-order valence-electron chi connectivity index (χ1n) is 2.37. The Balaban J connectivity index is 3.14. The van der Waals surface area contributed by atoms with E-state index in [0.29, 0.717) is 0 Å². The van der Waals surface area contributed by atoms with Crippen LogP contribution < -0.4 is 4.57 Å². The molecule has 0 aliphatic carbocycles. The van der Waals surface area contributed by atoms with Gasteiger partial charge >= 0.3 is 0 Å². The highest BCUT2D eigenvalue weighted by atomic mass is 79.9. The number of aryl methyl sites for hydroxylation is 2. The predicted octanol–water partition coefficient (Wildman–Crippen LogP) is 0.612. The lowest BCUT2D eigenvalue weighted by atomic mass is 10.9.